The molecule has 0 aliphatic carbocycles. The van der Waals surface area contributed by atoms with Gasteiger partial charge in [-0.15, -0.1) is 34.9 Å². The Labute approximate surface area is 227 Å². The third kappa shape index (κ3) is 7.25. The van der Waals surface area contributed by atoms with E-state index in [1.165, 1.54) is 36.6 Å². The second-order valence-electron chi connectivity index (χ2n) is 10.1. The van der Waals surface area contributed by atoms with Crippen molar-refractivity contribution in [1.29, 1.82) is 0 Å². The van der Waals surface area contributed by atoms with E-state index in [4.69, 9.17) is 14.5 Å². The number of rotatable bonds is 3. The van der Waals surface area contributed by atoms with Crippen LogP contribution in [0.2, 0.25) is 0 Å². The zero-order chi connectivity index (χ0) is 25.9. The third-order valence-electron chi connectivity index (χ3n) is 5.66. The summed E-state index contributed by atoms with van der Waals surface area (Å²) in [6.07, 6.45) is 1.17. The van der Waals surface area contributed by atoms with Crippen LogP contribution in [0.4, 0.5) is 0 Å². The van der Waals surface area contributed by atoms with E-state index in [0.717, 1.165) is 39.2 Å². The molecule has 4 aromatic rings. The van der Waals surface area contributed by atoms with Crippen molar-refractivity contribution < 1.29 is 34.4 Å². The standard InChI is InChI=1S/C26H26NO.C5H8O2.Ir/c1-16-12-19(14-20(13-16)26(4,5)6)21-10-11-23-22(27-21)15-24(28-23)25-17(2)8-7-9-18(25)3;1-4(6)3-5(2)7;/h7-11,13-15H,1-6H3;3,6H,1-2H3;/q-1;;/b;4-3-;. The molecule has 5 heteroatoms. The number of aliphatic hydroxyl groups is 1. The van der Waals surface area contributed by atoms with Crippen LogP contribution < -0.4 is 0 Å². The summed E-state index contributed by atoms with van der Waals surface area (Å²) in [4.78, 5) is 14.9. The van der Waals surface area contributed by atoms with Crippen molar-refractivity contribution in [3.63, 3.8) is 0 Å². The summed E-state index contributed by atoms with van der Waals surface area (Å²) in [6.45, 7) is 15.9. The summed E-state index contributed by atoms with van der Waals surface area (Å²) in [6, 6.07) is 20.3. The van der Waals surface area contributed by atoms with Gasteiger partial charge in [-0.1, -0.05) is 52.0 Å². The summed E-state index contributed by atoms with van der Waals surface area (Å²) in [5, 5.41) is 8.36. The molecule has 36 heavy (non-hydrogen) atoms. The topological polar surface area (TPSA) is 63.3 Å². The Bertz CT molecular complexity index is 1380. The summed E-state index contributed by atoms with van der Waals surface area (Å²) in [7, 11) is 0. The number of nitrogens with zero attached hydrogens (tertiary/aromatic N) is 1. The van der Waals surface area contributed by atoms with Gasteiger partial charge < -0.3 is 9.52 Å². The van der Waals surface area contributed by atoms with Gasteiger partial charge in [-0.25, -0.2) is 0 Å². The van der Waals surface area contributed by atoms with Gasteiger partial charge >= 0.3 is 0 Å². The van der Waals surface area contributed by atoms with E-state index in [9.17, 15) is 4.79 Å². The van der Waals surface area contributed by atoms with E-state index in [1.807, 2.05) is 12.1 Å². The predicted molar refractivity (Wildman–Crippen MR) is 144 cm³/mol. The average Bonchev–Trinajstić information content (AvgIpc) is 3.14. The molecule has 1 N–H and O–H groups in total. The Kier molecular flexibility index (Phi) is 9.59. The van der Waals surface area contributed by atoms with Gasteiger partial charge in [0.25, 0.3) is 0 Å². The summed E-state index contributed by atoms with van der Waals surface area (Å²) in [5.41, 5.74) is 9.73. The van der Waals surface area contributed by atoms with E-state index in [-0.39, 0.29) is 37.1 Å². The fourth-order valence-corrected chi connectivity index (χ4v) is 3.98. The van der Waals surface area contributed by atoms with Gasteiger partial charge in [0.15, 0.2) is 11.4 Å². The number of fused-ring (bicyclic) bond motifs is 1. The number of pyridine rings is 1. The number of ketones is 1. The number of carbonyl (C=O) groups is 1. The van der Waals surface area contributed by atoms with Gasteiger partial charge in [-0.2, -0.15) is 0 Å². The predicted octanol–water partition coefficient (Wildman–Crippen LogP) is 8.22. The Balaban J connectivity index is 0.000000503. The molecule has 1 radical (unpaired) electrons. The molecule has 0 bridgehead atoms. The zero-order valence-corrected chi connectivity index (χ0v) is 24.6. The van der Waals surface area contributed by atoms with Crippen LogP contribution in [-0.4, -0.2) is 15.9 Å². The molecule has 0 amide bonds. The van der Waals surface area contributed by atoms with Gasteiger partial charge in [-0.3, -0.25) is 9.78 Å². The molecule has 2 aromatic carbocycles. The van der Waals surface area contributed by atoms with Crippen LogP contribution in [0.1, 0.15) is 56.9 Å². The van der Waals surface area contributed by atoms with E-state index in [1.54, 1.807) is 0 Å². The molecule has 0 atom stereocenters. The van der Waals surface area contributed by atoms with Crippen molar-refractivity contribution in [2.45, 2.75) is 60.8 Å². The van der Waals surface area contributed by atoms with E-state index in [2.05, 4.69) is 84.0 Å². The zero-order valence-electron chi connectivity index (χ0n) is 22.2. The molecule has 0 saturated heterocycles. The first-order valence-corrected chi connectivity index (χ1v) is 11.7. The Morgan fingerprint density at radius 1 is 1.00 bits per heavy atom. The Hall–Kier alpha value is -3.01. The van der Waals surface area contributed by atoms with Gasteiger partial charge in [0.05, 0.1) is 11.3 Å². The van der Waals surface area contributed by atoms with Crippen molar-refractivity contribution in [1.82, 2.24) is 4.98 Å². The van der Waals surface area contributed by atoms with Crippen molar-refractivity contribution >= 4 is 16.9 Å². The summed E-state index contributed by atoms with van der Waals surface area (Å²) >= 11 is 0. The Morgan fingerprint density at radius 2 is 1.64 bits per heavy atom. The molecule has 0 aliphatic rings. The molecular formula is C31H34IrNO3-. The van der Waals surface area contributed by atoms with Crippen LogP contribution >= 0.6 is 0 Å². The largest absolute Gasteiger partial charge is 0.512 e. The average molecular weight is 661 g/mol. The minimum atomic E-state index is -0.125. The fourth-order valence-electron chi connectivity index (χ4n) is 3.98. The quantitative estimate of drug-likeness (QED) is 0.137. The maximum absolute atomic E-state index is 10.0. The summed E-state index contributed by atoms with van der Waals surface area (Å²) in [5.74, 6) is 0.811. The second kappa shape index (κ2) is 11.8. The van der Waals surface area contributed by atoms with Crippen LogP contribution in [0.15, 0.2) is 64.8 Å². The maximum atomic E-state index is 10.0. The minimum Gasteiger partial charge on any atom is -0.512 e. The van der Waals surface area contributed by atoms with E-state index >= 15 is 0 Å². The molecule has 0 fully saturated rings. The van der Waals surface area contributed by atoms with Gasteiger partial charge in [0.2, 0.25) is 0 Å². The minimum absolute atomic E-state index is 0. The van der Waals surface area contributed by atoms with Gasteiger partial charge in [0.1, 0.15) is 5.76 Å². The normalized spacial score (nSPS) is 11.5. The molecule has 4 nitrogen and oxygen atoms in total. The molecule has 0 aliphatic heterocycles. The van der Waals surface area contributed by atoms with Gasteiger partial charge in [-0.05, 0) is 56.0 Å². The molecule has 0 unspecified atom stereocenters. The molecule has 2 heterocycles. The van der Waals surface area contributed by atoms with Crippen LogP contribution in [0.5, 0.6) is 0 Å². The first-order chi connectivity index (χ1) is 16.3. The number of allylic oxidation sites excluding steroid dienone is 2. The number of aryl methyl sites for hydroxylation is 3. The maximum Gasteiger partial charge on any atom is 0.155 e. The third-order valence-corrected chi connectivity index (χ3v) is 5.66. The smallest absolute Gasteiger partial charge is 0.155 e. The second-order valence-corrected chi connectivity index (χ2v) is 10.1. The first kappa shape index (κ1) is 29.2. The molecule has 191 valence electrons. The number of hydrogen-bond acceptors (Lipinski definition) is 4. The molecule has 0 spiro atoms. The number of furan rings is 1. The Morgan fingerprint density at radius 3 is 2.17 bits per heavy atom. The first-order valence-electron chi connectivity index (χ1n) is 11.7. The van der Waals surface area contributed by atoms with E-state index < -0.39 is 0 Å². The number of aromatic nitrogens is 1. The molecule has 2 aromatic heterocycles. The number of benzene rings is 2. The van der Waals surface area contributed by atoms with E-state index in [0.29, 0.717) is 0 Å². The van der Waals surface area contributed by atoms with Crippen LogP contribution in [0.25, 0.3) is 33.7 Å². The number of hydrogen-bond donors (Lipinski definition) is 1. The van der Waals surface area contributed by atoms with Crippen LogP contribution in [-0.2, 0) is 30.3 Å². The number of carbonyl (C=O) groups excluding carboxylic acids is 1. The van der Waals surface area contributed by atoms with Crippen molar-refractivity contribution in [2.24, 2.45) is 0 Å². The van der Waals surface area contributed by atoms with Crippen molar-refractivity contribution in [3.8, 4) is 22.6 Å². The van der Waals surface area contributed by atoms with Crippen molar-refractivity contribution in [2.75, 3.05) is 0 Å². The van der Waals surface area contributed by atoms with Crippen molar-refractivity contribution in [3.05, 3.63) is 88.7 Å². The van der Waals surface area contributed by atoms with Gasteiger partial charge in [0, 0.05) is 37.8 Å². The van der Waals surface area contributed by atoms with Crippen LogP contribution in [0.3, 0.4) is 0 Å². The monoisotopic (exact) mass is 661 g/mol. The SMILES string of the molecule is CC(=O)/C=C(/C)O.Cc1[c-]c(-c2ccc3oc(-c4c(C)cccc4C)cc3n2)cc(C(C)(C)C)c1.[Ir]. The van der Waals surface area contributed by atoms with Crippen LogP contribution in [0, 0.1) is 26.8 Å². The number of aliphatic hydroxyl groups excluding tert-OH is 1. The fraction of sp³-hybridized carbons (Fsp3) is 0.290. The molecular weight excluding hydrogens is 627 g/mol. The summed E-state index contributed by atoms with van der Waals surface area (Å²) < 4.78 is 6.14. The molecule has 4 rings (SSSR count). The molecule has 0 saturated carbocycles.